The molecule has 0 saturated carbocycles. The first kappa shape index (κ1) is 18.4. The highest BCUT2D eigenvalue weighted by Gasteiger charge is 2.29. The molecule has 0 fully saturated rings. The van der Waals surface area contributed by atoms with E-state index in [1.165, 1.54) is 22.9 Å². The van der Waals surface area contributed by atoms with Crippen molar-refractivity contribution in [2.24, 2.45) is 0 Å². The molecule has 2 heterocycles. The third kappa shape index (κ3) is 4.15. The number of hydrogen-bond acceptors (Lipinski definition) is 6. The molecule has 148 valence electrons. The second-order valence-electron chi connectivity index (χ2n) is 6.34. The summed E-state index contributed by atoms with van der Waals surface area (Å²) < 4.78 is 25.2. The van der Waals surface area contributed by atoms with E-state index in [2.05, 4.69) is 10.3 Å². The summed E-state index contributed by atoms with van der Waals surface area (Å²) in [4.78, 5) is 26.1. The summed E-state index contributed by atoms with van der Waals surface area (Å²) in [5.41, 5.74) is 2.12. The molecule has 9 nitrogen and oxygen atoms in total. The average Bonchev–Trinajstić information content (AvgIpc) is 3.12. The molecule has 0 radical (unpaired) electrons. The number of nitro groups is 1. The van der Waals surface area contributed by atoms with Crippen molar-refractivity contribution >= 4 is 17.6 Å². The molecule has 0 bridgehead atoms. The standard InChI is InChI=1S/C19H15FN4O5/c20-14-6-4-12(5-7-14)13-2-1-3-15(8-13)21-19(25)29-16-9-23-10-17(24(26)27)22-18(23)28-11-16/h1-8,10,16H,9,11H2,(H,21,25)/t16-/m0/s1. The number of ether oxygens (including phenoxy) is 2. The van der Waals surface area contributed by atoms with E-state index in [4.69, 9.17) is 9.47 Å². The van der Waals surface area contributed by atoms with Crippen LogP contribution in [-0.4, -0.2) is 33.3 Å². The maximum Gasteiger partial charge on any atom is 0.414 e. The van der Waals surface area contributed by atoms with Crippen LogP contribution in [0.25, 0.3) is 11.1 Å². The van der Waals surface area contributed by atoms with Crippen molar-refractivity contribution in [1.82, 2.24) is 9.55 Å². The van der Waals surface area contributed by atoms with Crippen LogP contribution >= 0.6 is 0 Å². The smallest absolute Gasteiger partial charge is 0.414 e. The lowest BCUT2D eigenvalue weighted by atomic mass is 10.1. The Morgan fingerprint density at radius 1 is 1.28 bits per heavy atom. The predicted molar refractivity (Wildman–Crippen MR) is 100 cm³/mol. The SMILES string of the molecule is O=C(Nc1cccc(-c2ccc(F)cc2)c1)O[C@@H]1COc2nc([N+](=O)[O-])cn2C1. The minimum Gasteiger partial charge on any atom is -0.442 e. The summed E-state index contributed by atoms with van der Waals surface area (Å²) in [5.74, 6) is -0.657. The van der Waals surface area contributed by atoms with Crippen molar-refractivity contribution in [3.05, 3.63) is 70.7 Å². The Kier molecular flexibility index (Phi) is 4.82. The molecule has 0 unspecified atom stereocenters. The molecule has 3 aromatic rings. The molecular formula is C19H15FN4O5. The van der Waals surface area contributed by atoms with E-state index in [1.807, 2.05) is 6.07 Å². The minimum atomic E-state index is -0.687. The fourth-order valence-electron chi connectivity index (χ4n) is 2.95. The first-order chi connectivity index (χ1) is 14.0. The van der Waals surface area contributed by atoms with Crippen LogP contribution in [0, 0.1) is 15.9 Å². The van der Waals surface area contributed by atoms with Gasteiger partial charge in [-0.1, -0.05) is 24.3 Å². The van der Waals surface area contributed by atoms with Gasteiger partial charge in [0.05, 0.1) is 6.54 Å². The van der Waals surface area contributed by atoms with Gasteiger partial charge < -0.3 is 19.6 Å². The number of hydrogen-bond donors (Lipinski definition) is 1. The van der Waals surface area contributed by atoms with E-state index in [1.54, 1.807) is 30.3 Å². The van der Waals surface area contributed by atoms with Gasteiger partial charge in [-0.05, 0) is 40.3 Å². The normalized spacial score (nSPS) is 15.1. The molecule has 29 heavy (non-hydrogen) atoms. The second kappa shape index (κ2) is 7.58. The largest absolute Gasteiger partial charge is 0.442 e. The summed E-state index contributed by atoms with van der Waals surface area (Å²) in [6.07, 6.45) is -0.0842. The molecule has 1 aliphatic heterocycles. The van der Waals surface area contributed by atoms with Gasteiger partial charge in [0.15, 0.2) is 6.10 Å². The number of aromatic nitrogens is 2. The number of amides is 1. The summed E-state index contributed by atoms with van der Waals surface area (Å²) in [6.45, 7) is 0.233. The molecular weight excluding hydrogens is 383 g/mol. The van der Waals surface area contributed by atoms with Gasteiger partial charge >= 0.3 is 17.9 Å². The Morgan fingerprint density at radius 3 is 2.83 bits per heavy atom. The Bertz CT molecular complexity index is 1070. The van der Waals surface area contributed by atoms with Gasteiger partial charge in [0.2, 0.25) is 0 Å². The lowest BCUT2D eigenvalue weighted by Crippen LogP contribution is -2.35. The number of halogens is 1. The second-order valence-corrected chi connectivity index (χ2v) is 6.34. The monoisotopic (exact) mass is 398 g/mol. The molecule has 2 aromatic carbocycles. The maximum atomic E-state index is 13.1. The van der Waals surface area contributed by atoms with Crippen LogP contribution in [-0.2, 0) is 11.3 Å². The number of rotatable bonds is 4. The molecule has 1 amide bonds. The zero-order valence-electron chi connectivity index (χ0n) is 14.9. The number of benzene rings is 2. The first-order valence-electron chi connectivity index (χ1n) is 8.66. The molecule has 0 aliphatic carbocycles. The van der Waals surface area contributed by atoms with Crippen molar-refractivity contribution < 1.29 is 23.6 Å². The number of imidazole rings is 1. The molecule has 1 N–H and O–H groups in total. The third-order valence-corrected chi connectivity index (χ3v) is 4.27. The number of carbonyl (C=O) groups is 1. The topological polar surface area (TPSA) is 109 Å². The highest BCUT2D eigenvalue weighted by Crippen LogP contribution is 2.24. The zero-order chi connectivity index (χ0) is 20.4. The molecule has 10 heteroatoms. The Hall–Kier alpha value is -3.95. The van der Waals surface area contributed by atoms with Crippen LogP contribution < -0.4 is 10.1 Å². The van der Waals surface area contributed by atoms with Gasteiger partial charge in [0.25, 0.3) is 0 Å². The Balaban J connectivity index is 1.39. The van der Waals surface area contributed by atoms with Gasteiger partial charge in [0, 0.05) is 10.7 Å². The third-order valence-electron chi connectivity index (χ3n) is 4.27. The summed E-state index contributed by atoms with van der Waals surface area (Å²) in [5, 5.41) is 13.4. The lowest BCUT2D eigenvalue weighted by molar-refractivity contribution is -0.389. The van der Waals surface area contributed by atoms with Crippen LogP contribution in [0.2, 0.25) is 0 Å². The lowest BCUT2D eigenvalue weighted by Gasteiger charge is -2.22. The van der Waals surface area contributed by atoms with Crippen LogP contribution in [0.5, 0.6) is 6.01 Å². The van der Waals surface area contributed by atoms with Gasteiger partial charge in [0.1, 0.15) is 18.6 Å². The summed E-state index contributed by atoms with van der Waals surface area (Å²) in [6, 6.07) is 13.2. The molecule has 0 saturated heterocycles. The van der Waals surface area contributed by atoms with Crippen LogP contribution in [0.4, 0.5) is 20.7 Å². The van der Waals surface area contributed by atoms with Crippen molar-refractivity contribution in [3.63, 3.8) is 0 Å². The number of nitrogens with one attached hydrogen (secondary N) is 1. The van der Waals surface area contributed by atoms with Crippen molar-refractivity contribution in [2.45, 2.75) is 12.6 Å². The van der Waals surface area contributed by atoms with Gasteiger partial charge in [-0.15, -0.1) is 0 Å². The van der Waals surface area contributed by atoms with Gasteiger partial charge in [-0.2, -0.15) is 0 Å². The van der Waals surface area contributed by atoms with E-state index in [9.17, 15) is 19.3 Å². The molecule has 4 rings (SSSR count). The quantitative estimate of drug-likeness (QED) is 0.531. The van der Waals surface area contributed by atoms with Crippen molar-refractivity contribution in [3.8, 4) is 17.1 Å². The summed E-state index contributed by atoms with van der Waals surface area (Å²) >= 11 is 0. The molecule has 1 aliphatic rings. The van der Waals surface area contributed by atoms with E-state index in [-0.39, 0.29) is 30.8 Å². The first-order valence-corrected chi connectivity index (χ1v) is 8.66. The summed E-state index contributed by atoms with van der Waals surface area (Å²) in [7, 11) is 0. The molecule has 1 atom stereocenters. The van der Waals surface area contributed by atoms with E-state index in [0.717, 1.165) is 11.1 Å². The van der Waals surface area contributed by atoms with E-state index < -0.39 is 17.1 Å². The highest BCUT2D eigenvalue weighted by atomic mass is 19.1. The van der Waals surface area contributed by atoms with Crippen molar-refractivity contribution in [2.75, 3.05) is 11.9 Å². The molecule has 0 spiro atoms. The zero-order valence-corrected chi connectivity index (χ0v) is 14.9. The number of carbonyl (C=O) groups excluding carboxylic acids is 1. The highest BCUT2D eigenvalue weighted by molar-refractivity contribution is 5.86. The van der Waals surface area contributed by atoms with Crippen LogP contribution in [0.15, 0.2) is 54.7 Å². The van der Waals surface area contributed by atoms with Gasteiger partial charge in [-0.25, -0.2) is 9.18 Å². The van der Waals surface area contributed by atoms with E-state index >= 15 is 0 Å². The van der Waals surface area contributed by atoms with Gasteiger partial charge in [-0.3, -0.25) is 9.88 Å². The average molecular weight is 398 g/mol. The van der Waals surface area contributed by atoms with Crippen LogP contribution in [0.3, 0.4) is 0 Å². The Morgan fingerprint density at radius 2 is 2.07 bits per heavy atom. The molecule has 1 aromatic heterocycles. The van der Waals surface area contributed by atoms with Crippen LogP contribution in [0.1, 0.15) is 0 Å². The van der Waals surface area contributed by atoms with E-state index in [0.29, 0.717) is 5.69 Å². The number of nitrogens with zero attached hydrogens (tertiary/aromatic N) is 3. The van der Waals surface area contributed by atoms with Crippen molar-refractivity contribution in [1.29, 1.82) is 0 Å². The predicted octanol–water partition coefficient (Wildman–Crippen LogP) is 3.61. The number of fused-ring (bicyclic) bond motifs is 1. The Labute approximate surface area is 163 Å². The number of anilines is 1. The fraction of sp³-hybridized carbons (Fsp3) is 0.158. The minimum absolute atomic E-state index is 0.0389. The maximum absolute atomic E-state index is 13.1. The fourth-order valence-corrected chi connectivity index (χ4v) is 2.95.